The summed E-state index contributed by atoms with van der Waals surface area (Å²) in [4.78, 5) is 37.4. The number of amides is 1. The maximum atomic E-state index is 12.4. The SMILES string of the molecule is CCOC(=O)CC1(C(=O)OCC)CN(C(=O)OCC)CC1=NO. The van der Waals surface area contributed by atoms with Crippen LogP contribution >= 0.6 is 0 Å². The molecule has 23 heavy (non-hydrogen) atoms. The normalized spacial score (nSPS) is 22.0. The minimum atomic E-state index is -1.57. The van der Waals surface area contributed by atoms with Gasteiger partial charge in [-0.3, -0.25) is 9.59 Å². The van der Waals surface area contributed by atoms with Gasteiger partial charge in [-0.1, -0.05) is 5.16 Å². The van der Waals surface area contributed by atoms with Crippen molar-refractivity contribution < 1.29 is 33.8 Å². The molecule has 0 aromatic carbocycles. The van der Waals surface area contributed by atoms with E-state index in [0.29, 0.717) is 0 Å². The van der Waals surface area contributed by atoms with Crippen LogP contribution in [-0.2, 0) is 23.8 Å². The highest BCUT2D eigenvalue weighted by atomic mass is 16.6. The van der Waals surface area contributed by atoms with E-state index in [9.17, 15) is 19.6 Å². The zero-order chi connectivity index (χ0) is 17.5. The molecule has 1 amide bonds. The van der Waals surface area contributed by atoms with Crippen LogP contribution in [-0.4, -0.2) is 66.8 Å². The Hall–Kier alpha value is -2.32. The van der Waals surface area contributed by atoms with Crippen molar-refractivity contribution in [3.05, 3.63) is 0 Å². The van der Waals surface area contributed by atoms with Gasteiger partial charge in [-0.2, -0.15) is 0 Å². The monoisotopic (exact) mass is 330 g/mol. The lowest BCUT2D eigenvalue weighted by Gasteiger charge is -2.25. The molecule has 0 spiro atoms. The summed E-state index contributed by atoms with van der Waals surface area (Å²) < 4.78 is 14.8. The lowest BCUT2D eigenvalue weighted by molar-refractivity contribution is -0.158. The van der Waals surface area contributed by atoms with Crippen molar-refractivity contribution in [1.29, 1.82) is 0 Å². The fraction of sp³-hybridized carbons (Fsp3) is 0.714. The fourth-order valence-corrected chi connectivity index (χ4v) is 2.42. The highest BCUT2D eigenvalue weighted by molar-refractivity contribution is 6.12. The van der Waals surface area contributed by atoms with Gasteiger partial charge < -0.3 is 24.3 Å². The molecule has 0 bridgehead atoms. The number of rotatable bonds is 6. The lowest BCUT2D eigenvalue weighted by atomic mass is 9.82. The van der Waals surface area contributed by atoms with Gasteiger partial charge >= 0.3 is 18.0 Å². The van der Waals surface area contributed by atoms with Gasteiger partial charge in [0.1, 0.15) is 5.41 Å². The van der Waals surface area contributed by atoms with Gasteiger partial charge in [-0.05, 0) is 20.8 Å². The Labute approximate surface area is 134 Å². The standard InChI is InChI=1S/C14H22N2O7/c1-4-21-11(17)7-14(12(18)22-5-2)9-16(8-10(14)15-20)13(19)23-6-3/h20H,4-9H2,1-3H3. The molecule has 1 rings (SSSR count). The zero-order valence-corrected chi connectivity index (χ0v) is 13.5. The summed E-state index contributed by atoms with van der Waals surface area (Å²) >= 11 is 0. The predicted octanol–water partition coefficient (Wildman–Crippen LogP) is 0.791. The van der Waals surface area contributed by atoms with Crippen molar-refractivity contribution in [3.8, 4) is 0 Å². The molecule has 1 unspecified atom stereocenters. The van der Waals surface area contributed by atoms with Gasteiger partial charge in [0.15, 0.2) is 0 Å². The van der Waals surface area contributed by atoms with E-state index in [1.165, 1.54) is 4.90 Å². The van der Waals surface area contributed by atoms with Crippen LogP contribution in [0.4, 0.5) is 4.79 Å². The zero-order valence-electron chi connectivity index (χ0n) is 13.5. The van der Waals surface area contributed by atoms with E-state index in [2.05, 4.69) is 5.16 Å². The second kappa shape index (κ2) is 8.35. The first-order valence-corrected chi connectivity index (χ1v) is 7.41. The lowest BCUT2D eigenvalue weighted by Crippen LogP contribution is -2.43. The Balaban J connectivity index is 3.12. The number of ether oxygens (including phenoxy) is 3. The summed E-state index contributed by atoms with van der Waals surface area (Å²) in [6.07, 6.45) is -1.04. The summed E-state index contributed by atoms with van der Waals surface area (Å²) in [7, 11) is 0. The number of esters is 2. The number of hydrogen-bond acceptors (Lipinski definition) is 8. The molecule has 9 heteroatoms. The summed E-state index contributed by atoms with van der Waals surface area (Å²) in [6, 6.07) is 0. The Morgan fingerprint density at radius 3 is 2.26 bits per heavy atom. The van der Waals surface area contributed by atoms with Crippen molar-refractivity contribution in [2.75, 3.05) is 32.9 Å². The minimum Gasteiger partial charge on any atom is -0.466 e. The molecule has 0 saturated carbocycles. The van der Waals surface area contributed by atoms with E-state index in [1.807, 2.05) is 0 Å². The minimum absolute atomic E-state index is 0.0305. The van der Waals surface area contributed by atoms with Crippen molar-refractivity contribution in [2.45, 2.75) is 27.2 Å². The van der Waals surface area contributed by atoms with Gasteiger partial charge in [0.05, 0.1) is 38.5 Å². The number of oxime groups is 1. The summed E-state index contributed by atoms with van der Waals surface area (Å²) in [5, 5.41) is 12.3. The Kier molecular flexibility index (Phi) is 6.80. The van der Waals surface area contributed by atoms with Crippen LogP contribution in [0.2, 0.25) is 0 Å². The van der Waals surface area contributed by atoms with Crippen molar-refractivity contribution in [3.63, 3.8) is 0 Å². The third-order valence-electron chi connectivity index (χ3n) is 3.42. The molecule has 0 aromatic heterocycles. The molecule has 1 atom stereocenters. The first-order chi connectivity index (χ1) is 10.9. The van der Waals surface area contributed by atoms with E-state index in [-0.39, 0.29) is 45.0 Å². The van der Waals surface area contributed by atoms with Crippen LogP contribution < -0.4 is 0 Å². The largest absolute Gasteiger partial charge is 0.466 e. The number of likely N-dealkylation sites (tertiary alicyclic amines) is 1. The van der Waals surface area contributed by atoms with Crippen molar-refractivity contribution >= 4 is 23.7 Å². The van der Waals surface area contributed by atoms with E-state index in [0.717, 1.165) is 0 Å². The molecule has 0 aromatic rings. The topological polar surface area (TPSA) is 115 Å². The molecule has 0 aliphatic carbocycles. The molecule has 1 aliphatic heterocycles. The second-order valence-corrected chi connectivity index (χ2v) is 4.89. The molecule has 1 heterocycles. The Morgan fingerprint density at radius 2 is 1.74 bits per heavy atom. The van der Waals surface area contributed by atoms with Gasteiger partial charge in [0, 0.05) is 6.54 Å². The quantitative estimate of drug-likeness (QED) is 0.331. The van der Waals surface area contributed by atoms with E-state index in [1.54, 1.807) is 20.8 Å². The maximum absolute atomic E-state index is 12.4. The smallest absolute Gasteiger partial charge is 0.410 e. The molecule has 9 nitrogen and oxygen atoms in total. The number of nitrogens with zero attached hydrogens (tertiary/aromatic N) is 2. The van der Waals surface area contributed by atoms with E-state index in [4.69, 9.17) is 14.2 Å². The average Bonchev–Trinajstić information content (AvgIpc) is 2.88. The number of hydrogen-bond donors (Lipinski definition) is 1. The molecule has 1 fully saturated rings. The van der Waals surface area contributed by atoms with E-state index >= 15 is 0 Å². The molecule has 1 N–H and O–H groups in total. The molecular weight excluding hydrogens is 308 g/mol. The summed E-state index contributed by atoms with van der Waals surface area (Å²) in [5.41, 5.74) is -1.60. The third kappa shape index (κ3) is 4.11. The maximum Gasteiger partial charge on any atom is 0.410 e. The molecular formula is C14H22N2O7. The van der Waals surface area contributed by atoms with Crippen LogP contribution in [0.1, 0.15) is 27.2 Å². The van der Waals surface area contributed by atoms with Gasteiger partial charge in [-0.25, -0.2) is 4.79 Å². The second-order valence-electron chi connectivity index (χ2n) is 4.89. The summed E-state index contributed by atoms with van der Waals surface area (Å²) in [6.45, 7) is 4.97. The molecule has 130 valence electrons. The van der Waals surface area contributed by atoms with Gasteiger partial charge in [0.25, 0.3) is 0 Å². The third-order valence-corrected chi connectivity index (χ3v) is 3.42. The van der Waals surface area contributed by atoms with Crippen LogP contribution in [0.15, 0.2) is 5.16 Å². The Bertz CT molecular complexity index is 492. The molecule has 0 radical (unpaired) electrons. The van der Waals surface area contributed by atoms with Crippen molar-refractivity contribution in [1.82, 2.24) is 4.90 Å². The van der Waals surface area contributed by atoms with Crippen molar-refractivity contribution in [2.24, 2.45) is 10.6 Å². The van der Waals surface area contributed by atoms with Crippen LogP contribution in [0.5, 0.6) is 0 Å². The van der Waals surface area contributed by atoms with Crippen LogP contribution in [0.3, 0.4) is 0 Å². The number of carbonyl (C=O) groups is 3. The summed E-state index contributed by atoms with van der Waals surface area (Å²) in [5.74, 6) is -1.39. The first-order valence-electron chi connectivity index (χ1n) is 7.41. The molecule has 1 aliphatic rings. The van der Waals surface area contributed by atoms with E-state index < -0.39 is 23.4 Å². The van der Waals surface area contributed by atoms with Crippen LogP contribution in [0, 0.1) is 5.41 Å². The average molecular weight is 330 g/mol. The predicted molar refractivity (Wildman–Crippen MR) is 78.1 cm³/mol. The fourth-order valence-electron chi connectivity index (χ4n) is 2.42. The first kappa shape index (κ1) is 18.7. The highest BCUT2D eigenvalue weighted by Crippen LogP contribution is 2.34. The number of carbonyl (C=O) groups excluding carboxylic acids is 3. The van der Waals surface area contributed by atoms with Crippen LogP contribution in [0.25, 0.3) is 0 Å². The highest BCUT2D eigenvalue weighted by Gasteiger charge is 2.55. The van der Waals surface area contributed by atoms with Gasteiger partial charge in [0.2, 0.25) is 0 Å². The molecule has 1 saturated heterocycles. The van der Waals surface area contributed by atoms with Gasteiger partial charge in [-0.15, -0.1) is 0 Å². The Morgan fingerprint density at radius 1 is 1.13 bits per heavy atom.